The fourth-order valence-electron chi connectivity index (χ4n) is 7.46. The molecule has 3 saturated carbocycles. The molecule has 0 spiro atoms. The molecule has 5 rings (SSSR count). The number of cyclic esters (lactones) is 1. The van der Waals surface area contributed by atoms with Crippen molar-refractivity contribution in [1.82, 2.24) is 0 Å². The Labute approximate surface area is 170 Å². The molecule has 2 N–H and O–H groups in total. The fourth-order valence-corrected chi connectivity index (χ4v) is 7.46. The normalized spacial score (nSPS) is 49.0. The summed E-state index contributed by atoms with van der Waals surface area (Å²) in [5, 5.41) is 22.1. The van der Waals surface area contributed by atoms with Crippen LogP contribution in [0.25, 0.3) is 0 Å². The number of fused-ring (bicyclic) bond motifs is 5. The first-order valence-electron chi connectivity index (χ1n) is 10.6. The third-order valence-corrected chi connectivity index (χ3v) is 8.97. The van der Waals surface area contributed by atoms with E-state index in [1.54, 1.807) is 0 Å². The highest BCUT2D eigenvalue weighted by Crippen LogP contribution is 2.67. The van der Waals surface area contributed by atoms with Gasteiger partial charge in [0.25, 0.3) is 0 Å². The van der Waals surface area contributed by atoms with Crippen LogP contribution in [0.1, 0.15) is 52.4 Å². The third-order valence-electron chi connectivity index (χ3n) is 8.97. The zero-order valence-corrected chi connectivity index (χ0v) is 16.9. The Hall–Kier alpha value is -1.79. The summed E-state index contributed by atoms with van der Waals surface area (Å²) in [5.41, 5.74) is -0.731. The lowest BCUT2D eigenvalue weighted by atomic mass is 9.42. The SMILES string of the molecule is CC12CC(=O)C(O)CC1CCC1C2C(=O)CC2(C)C(C3=CC(=O)OC3)=CCC12O. The van der Waals surface area contributed by atoms with Crippen LogP contribution >= 0.6 is 0 Å². The second-order valence-corrected chi connectivity index (χ2v) is 10.3. The predicted octanol–water partition coefficient (Wildman–Crippen LogP) is 1.88. The van der Waals surface area contributed by atoms with Crippen molar-refractivity contribution in [2.45, 2.75) is 64.1 Å². The summed E-state index contributed by atoms with van der Waals surface area (Å²) in [5.74, 6) is -0.964. The van der Waals surface area contributed by atoms with Crippen LogP contribution in [-0.4, -0.2) is 46.1 Å². The lowest BCUT2D eigenvalue weighted by Gasteiger charge is -2.62. The van der Waals surface area contributed by atoms with Crippen LogP contribution in [0.5, 0.6) is 0 Å². The zero-order valence-electron chi connectivity index (χ0n) is 16.9. The van der Waals surface area contributed by atoms with E-state index in [4.69, 9.17) is 4.74 Å². The topological polar surface area (TPSA) is 101 Å². The van der Waals surface area contributed by atoms with Gasteiger partial charge in [0.2, 0.25) is 0 Å². The van der Waals surface area contributed by atoms with Crippen molar-refractivity contribution >= 4 is 17.5 Å². The van der Waals surface area contributed by atoms with E-state index in [0.29, 0.717) is 19.3 Å². The van der Waals surface area contributed by atoms with Gasteiger partial charge in [0.05, 0.1) is 5.60 Å². The molecule has 7 unspecified atom stereocenters. The minimum absolute atomic E-state index is 0.0946. The van der Waals surface area contributed by atoms with Crippen molar-refractivity contribution in [2.75, 3.05) is 6.61 Å². The van der Waals surface area contributed by atoms with E-state index in [1.807, 2.05) is 19.9 Å². The average Bonchev–Trinajstić information content (AvgIpc) is 3.17. The largest absolute Gasteiger partial charge is 0.458 e. The predicted molar refractivity (Wildman–Crippen MR) is 102 cm³/mol. The zero-order chi connectivity index (χ0) is 20.8. The Balaban J connectivity index is 1.54. The summed E-state index contributed by atoms with van der Waals surface area (Å²) in [6, 6.07) is 0. The Morgan fingerprint density at radius 2 is 1.86 bits per heavy atom. The maximum Gasteiger partial charge on any atom is 0.331 e. The third kappa shape index (κ3) is 2.33. The molecule has 0 aromatic heterocycles. The van der Waals surface area contributed by atoms with Crippen LogP contribution in [0.4, 0.5) is 0 Å². The van der Waals surface area contributed by atoms with Gasteiger partial charge >= 0.3 is 5.97 Å². The molecule has 0 amide bonds. The number of ether oxygens (including phenoxy) is 1. The maximum absolute atomic E-state index is 13.6. The van der Waals surface area contributed by atoms with E-state index in [1.165, 1.54) is 6.08 Å². The van der Waals surface area contributed by atoms with Gasteiger partial charge in [-0.3, -0.25) is 9.59 Å². The second-order valence-electron chi connectivity index (χ2n) is 10.3. The van der Waals surface area contributed by atoms with Gasteiger partial charge in [0.15, 0.2) is 5.78 Å². The van der Waals surface area contributed by atoms with Gasteiger partial charge in [-0.05, 0) is 48.5 Å². The van der Waals surface area contributed by atoms with Crippen LogP contribution in [0.2, 0.25) is 0 Å². The van der Waals surface area contributed by atoms with Crippen molar-refractivity contribution in [1.29, 1.82) is 0 Å². The van der Waals surface area contributed by atoms with Gasteiger partial charge in [-0.25, -0.2) is 4.79 Å². The maximum atomic E-state index is 13.6. The smallest absolute Gasteiger partial charge is 0.331 e. The molecule has 7 atom stereocenters. The van der Waals surface area contributed by atoms with Gasteiger partial charge in [-0.15, -0.1) is 0 Å². The highest BCUT2D eigenvalue weighted by molar-refractivity contribution is 5.90. The van der Waals surface area contributed by atoms with Crippen LogP contribution in [0, 0.1) is 28.6 Å². The minimum Gasteiger partial charge on any atom is -0.458 e. The molecule has 0 radical (unpaired) electrons. The molecular formula is C23H28O6. The van der Waals surface area contributed by atoms with E-state index in [9.17, 15) is 24.6 Å². The molecular weight excluding hydrogens is 372 g/mol. The van der Waals surface area contributed by atoms with E-state index in [0.717, 1.165) is 17.6 Å². The Morgan fingerprint density at radius 3 is 2.55 bits per heavy atom. The molecule has 0 aromatic rings. The van der Waals surface area contributed by atoms with Crippen molar-refractivity contribution in [3.63, 3.8) is 0 Å². The number of rotatable bonds is 1. The van der Waals surface area contributed by atoms with E-state index in [-0.39, 0.29) is 54.7 Å². The molecule has 5 aliphatic rings. The van der Waals surface area contributed by atoms with Crippen molar-refractivity contribution in [3.05, 3.63) is 23.3 Å². The number of hydrogen-bond acceptors (Lipinski definition) is 6. The summed E-state index contributed by atoms with van der Waals surface area (Å²) in [6.07, 6.45) is 5.28. The molecule has 0 aromatic carbocycles. The van der Waals surface area contributed by atoms with Crippen molar-refractivity contribution in [2.24, 2.45) is 28.6 Å². The lowest BCUT2D eigenvalue weighted by Crippen LogP contribution is -2.65. The summed E-state index contributed by atoms with van der Waals surface area (Å²) in [7, 11) is 0. The summed E-state index contributed by atoms with van der Waals surface area (Å²) in [6.45, 7) is 4.14. The Kier molecular flexibility index (Phi) is 3.89. The molecule has 6 heteroatoms. The molecule has 6 nitrogen and oxygen atoms in total. The molecule has 3 fully saturated rings. The minimum atomic E-state index is -1.08. The first kappa shape index (κ1) is 19.2. The van der Waals surface area contributed by atoms with Gasteiger partial charge in [-0.2, -0.15) is 0 Å². The summed E-state index contributed by atoms with van der Waals surface area (Å²) >= 11 is 0. The quantitative estimate of drug-likeness (QED) is 0.652. The fraction of sp³-hybridized carbons (Fsp3) is 0.696. The number of hydrogen-bond donors (Lipinski definition) is 2. The molecule has 1 aliphatic heterocycles. The number of aliphatic hydroxyl groups is 2. The number of Topliss-reactive ketones (excluding diaryl/α,β-unsaturated/α-hetero) is 2. The summed E-state index contributed by atoms with van der Waals surface area (Å²) < 4.78 is 5.08. The lowest BCUT2D eigenvalue weighted by molar-refractivity contribution is -0.198. The van der Waals surface area contributed by atoms with Crippen LogP contribution in [0.3, 0.4) is 0 Å². The van der Waals surface area contributed by atoms with Gasteiger partial charge in [-0.1, -0.05) is 19.9 Å². The standard InChI is InChI=1S/C23H28O6/c1-21-9-17(25)16(24)8-13(21)3-4-15-20(21)18(26)10-22(2)14(5-6-23(15,22)28)12-7-19(27)29-11-12/h5,7,13,15-16,20,24,28H,3-4,6,8-11H2,1-2H3. The number of ketones is 2. The van der Waals surface area contributed by atoms with Gasteiger partial charge < -0.3 is 14.9 Å². The van der Waals surface area contributed by atoms with Crippen molar-refractivity contribution in [3.8, 4) is 0 Å². The molecule has 0 bridgehead atoms. The molecule has 0 saturated heterocycles. The molecule has 156 valence electrons. The van der Waals surface area contributed by atoms with Crippen molar-refractivity contribution < 1.29 is 29.3 Å². The van der Waals surface area contributed by atoms with E-state index < -0.39 is 22.5 Å². The number of carbonyl (C=O) groups excluding carboxylic acids is 3. The number of esters is 1. The molecule has 29 heavy (non-hydrogen) atoms. The molecule has 1 heterocycles. The average molecular weight is 400 g/mol. The molecule has 4 aliphatic carbocycles. The summed E-state index contributed by atoms with van der Waals surface area (Å²) in [4.78, 5) is 37.5. The number of carbonyl (C=O) groups is 3. The van der Waals surface area contributed by atoms with Crippen LogP contribution < -0.4 is 0 Å². The first-order valence-corrected chi connectivity index (χ1v) is 10.6. The van der Waals surface area contributed by atoms with E-state index >= 15 is 0 Å². The number of aliphatic hydroxyl groups excluding tert-OH is 1. The Morgan fingerprint density at radius 1 is 1.10 bits per heavy atom. The van der Waals surface area contributed by atoms with Gasteiger partial charge in [0, 0.05) is 35.8 Å². The monoisotopic (exact) mass is 400 g/mol. The Bertz CT molecular complexity index is 886. The van der Waals surface area contributed by atoms with Crippen LogP contribution in [-0.2, 0) is 19.1 Å². The highest BCUT2D eigenvalue weighted by Gasteiger charge is 2.69. The highest BCUT2D eigenvalue weighted by atomic mass is 16.5. The first-order chi connectivity index (χ1) is 13.6. The van der Waals surface area contributed by atoms with Gasteiger partial charge in [0.1, 0.15) is 18.5 Å². The second kappa shape index (κ2) is 5.88. The van der Waals surface area contributed by atoms with E-state index in [2.05, 4.69) is 0 Å². The van der Waals surface area contributed by atoms with Crippen LogP contribution in [0.15, 0.2) is 23.3 Å².